The molecule has 2 fully saturated rings. The lowest BCUT2D eigenvalue weighted by atomic mass is 9.48. The average Bonchev–Trinajstić information content (AvgIpc) is 3.01. The minimum absolute atomic E-state index is 0.0301. The molecule has 0 bridgehead atoms. The van der Waals surface area contributed by atoms with Crippen LogP contribution in [0.1, 0.15) is 37.3 Å². The highest BCUT2D eigenvalue weighted by Gasteiger charge is 2.63. The standard InChI is InChI=1S/C14H19F2N3O2/c1-13(2)6-14(8-20)7-18(5-10(13)14)11(21)9-3-4-19(17-9)12(15)16/h3-4,10,12,20H,5-8H2,1-2H3/t10-,14-/m1/s1. The maximum absolute atomic E-state index is 12.5. The number of rotatable bonds is 3. The first-order valence-electron chi connectivity index (χ1n) is 7.02. The number of halogens is 2. The molecule has 1 aliphatic heterocycles. The number of alkyl halides is 2. The fourth-order valence-electron chi connectivity index (χ4n) is 4.22. The van der Waals surface area contributed by atoms with E-state index < -0.39 is 6.55 Å². The lowest BCUT2D eigenvalue weighted by Gasteiger charge is -2.55. The molecule has 2 atom stereocenters. The van der Waals surface area contributed by atoms with E-state index in [0.29, 0.717) is 17.8 Å². The van der Waals surface area contributed by atoms with Gasteiger partial charge in [0.2, 0.25) is 0 Å². The van der Waals surface area contributed by atoms with Gasteiger partial charge in [0, 0.05) is 24.7 Å². The van der Waals surface area contributed by atoms with E-state index in [1.807, 2.05) is 0 Å². The van der Waals surface area contributed by atoms with E-state index in [0.717, 1.165) is 12.6 Å². The van der Waals surface area contributed by atoms with Gasteiger partial charge in [-0.2, -0.15) is 13.9 Å². The zero-order valence-corrected chi connectivity index (χ0v) is 12.1. The summed E-state index contributed by atoms with van der Waals surface area (Å²) in [5.41, 5.74) is -0.104. The van der Waals surface area contributed by atoms with Crippen LogP contribution in [-0.2, 0) is 0 Å². The number of carbonyl (C=O) groups is 1. The van der Waals surface area contributed by atoms with Crippen LogP contribution in [0, 0.1) is 16.7 Å². The molecule has 116 valence electrons. The van der Waals surface area contributed by atoms with Gasteiger partial charge in [-0.15, -0.1) is 0 Å². The number of aliphatic hydroxyl groups excluding tert-OH is 1. The van der Waals surface area contributed by atoms with Gasteiger partial charge in [0.25, 0.3) is 5.91 Å². The third kappa shape index (κ3) is 2.06. The Morgan fingerprint density at radius 3 is 2.76 bits per heavy atom. The Labute approximate surface area is 121 Å². The van der Waals surface area contributed by atoms with Crippen LogP contribution in [0.4, 0.5) is 8.78 Å². The first kappa shape index (κ1) is 14.4. The molecule has 7 heteroatoms. The second-order valence-corrected chi connectivity index (χ2v) is 6.88. The van der Waals surface area contributed by atoms with E-state index in [4.69, 9.17) is 0 Å². The lowest BCUT2D eigenvalue weighted by Crippen LogP contribution is -2.54. The van der Waals surface area contributed by atoms with Gasteiger partial charge in [0.1, 0.15) is 0 Å². The Bertz CT molecular complexity index is 572. The van der Waals surface area contributed by atoms with Gasteiger partial charge in [-0.1, -0.05) is 13.8 Å². The summed E-state index contributed by atoms with van der Waals surface area (Å²) in [7, 11) is 0. The zero-order chi connectivity index (χ0) is 15.4. The van der Waals surface area contributed by atoms with Gasteiger partial charge in [-0.05, 0) is 23.8 Å². The summed E-state index contributed by atoms with van der Waals surface area (Å²) in [6, 6.07) is 1.31. The minimum atomic E-state index is -2.75. The minimum Gasteiger partial charge on any atom is -0.396 e. The predicted molar refractivity (Wildman–Crippen MR) is 70.8 cm³/mol. The molecule has 1 saturated heterocycles. The molecule has 1 aromatic heterocycles. The SMILES string of the molecule is CC1(C)C[C@]2(CO)CN(C(=O)c3ccn(C(F)F)n3)C[C@H]12. The second kappa shape index (κ2) is 4.50. The molecule has 0 radical (unpaired) electrons. The summed E-state index contributed by atoms with van der Waals surface area (Å²) in [5, 5.41) is 13.3. The van der Waals surface area contributed by atoms with Crippen LogP contribution < -0.4 is 0 Å². The molecule has 0 unspecified atom stereocenters. The highest BCUT2D eigenvalue weighted by atomic mass is 19.3. The van der Waals surface area contributed by atoms with Crippen molar-refractivity contribution in [1.29, 1.82) is 0 Å². The number of aromatic nitrogens is 2. The molecule has 1 aromatic rings. The molecule has 1 amide bonds. The van der Waals surface area contributed by atoms with Gasteiger partial charge in [0.05, 0.1) is 6.61 Å². The van der Waals surface area contributed by atoms with Crippen molar-refractivity contribution in [1.82, 2.24) is 14.7 Å². The summed E-state index contributed by atoms with van der Waals surface area (Å²) in [6.07, 6.45) is 1.98. The number of carbonyl (C=O) groups excluding carboxylic acids is 1. The van der Waals surface area contributed by atoms with Crippen molar-refractivity contribution in [3.63, 3.8) is 0 Å². The van der Waals surface area contributed by atoms with Crippen LogP contribution in [0.15, 0.2) is 12.3 Å². The van der Waals surface area contributed by atoms with Gasteiger partial charge >= 0.3 is 6.55 Å². The third-order valence-corrected chi connectivity index (χ3v) is 5.03. The molecule has 1 saturated carbocycles. The average molecular weight is 299 g/mol. The summed E-state index contributed by atoms with van der Waals surface area (Å²) < 4.78 is 25.5. The number of fused-ring (bicyclic) bond motifs is 1. The van der Waals surface area contributed by atoms with Crippen molar-refractivity contribution in [2.45, 2.75) is 26.8 Å². The molecule has 3 rings (SSSR count). The molecule has 2 heterocycles. The second-order valence-electron chi connectivity index (χ2n) is 6.88. The highest BCUT2D eigenvalue weighted by molar-refractivity contribution is 5.92. The largest absolute Gasteiger partial charge is 0.396 e. The molecule has 21 heavy (non-hydrogen) atoms. The fourth-order valence-corrected chi connectivity index (χ4v) is 4.22. The molecule has 1 N–H and O–H groups in total. The van der Waals surface area contributed by atoms with Crippen LogP contribution in [-0.4, -0.2) is 45.4 Å². The van der Waals surface area contributed by atoms with Crippen molar-refractivity contribution < 1.29 is 18.7 Å². The number of likely N-dealkylation sites (tertiary alicyclic amines) is 1. The molecular weight excluding hydrogens is 280 g/mol. The van der Waals surface area contributed by atoms with Crippen molar-refractivity contribution in [3.8, 4) is 0 Å². The zero-order valence-electron chi connectivity index (χ0n) is 12.1. The molecular formula is C14H19F2N3O2. The van der Waals surface area contributed by atoms with Crippen molar-refractivity contribution >= 4 is 5.91 Å². The van der Waals surface area contributed by atoms with Gasteiger partial charge in [-0.3, -0.25) is 4.79 Å². The number of hydrogen-bond acceptors (Lipinski definition) is 3. The van der Waals surface area contributed by atoms with Crippen LogP contribution in [0.2, 0.25) is 0 Å². The number of aliphatic hydroxyl groups is 1. The van der Waals surface area contributed by atoms with E-state index >= 15 is 0 Å². The Kier molecular flexibility index (Phi) is 3.09. The first-order chi connectivity index (χ1) is 9.79. The maximum atomic E-state index is 12.5. The Balaban J connectivity index is 1.78. The fraction of sp³-hybridized carbons (Fsp3) is 0.714. The lowest BCUT2D eigenvalue weighted by molar-refractivity contribution is -0.0977. The van der Waals surface area contributed by atoms with E-state index in [1.165, 1.54) is 6.07 Å². The van der Waals surface area contributed by atoms with Crippen LogP contribution >= 0.6 is 0 Å². The van der Waals surface area contributed by atoms with Gasteiger partial charge < -0.3 is 10.0 Å². The van der Waals surface area contributed by atoms with E-state index in [2.05, 4.69) is 18.9 Å². The first-order valence-corrected chi connectivity index (χ1v) is 7.02. The quantitative estimate of drug-likeness (QED) is 0.925. The summed E-state index contributed by atoms with van der Waals surface area (Å²) in [5.74, 6) is -0.0939. The Morgan fingerprint density at radius 1 is 1.57 bits per heavy atom. The van der Waals surface area contributed by atoms with E-state index in [9.17, 15) is 18.7 Å². The summed E-state index contributed by atoms with van der Waals surface area (Å²) >= 11 is 0. The topological polar surface area (TPSA) is 58.4 Å². The van der Waals surface area contributed by atoms with Crippen LogP contribution in [0.25, 0.3) is 0 Å². The Morgan fingerprint density at radius 2 is 2.29 bits per heavy atom. The van der Waals surface area contributed by atoms with Gasteiger partial charge in [-0.25, -0.2) is 4.68 Å². The highest BCUT2D eigenvalue weighted by Crippen LogP contribution is 2.62. The van der Waals surface area contributed by atoms with Crippen molar-refractivity contribution in [3.05, 3.63) is 18.0 Å². The molecule has 0 spiro atoms. The van der Waals surface area contributed by atoms with Crippen molar-refractivity contribution in [2.24, 2.45) is 16.7 Å². The smallest absolute Gasteiger partial charge is 0.333 e. The molecule has 5 nitrogen and oxygen atoms in total. The molecule has 0 aromatic carbocycles. The maximum Gasteiger partial charge on any atom is 0.333 e. The van der Waals surface area contributed by atoms with Crippen LogP contribution in [0.5, 0.6) is 0 Å². The van der Waals surface area contributed by atoms with E-state index in [-0.39, 0.29) is 35.0 Å². The van der Waals surface area contributed by atoms with Crippen LogP contribution in [0.3, 0.4) is 0 Å². The van der Waals surface area contributed by atoms with Gasteiger partial charge in [0.15, 0.2) is 5.69 Å². The number of amides is 1. The normalized spacial score (nSPS) is 30.4. The summed E-state index contributed by atoms with van der Waals surface area (Å²) in [6.45, 7) is 2.59. The van der Waals surface area contributed by atoms with E-state index in [1.54, 1.807) is 4.90 Å². The molecule has 1 aliphatic carbocycles. The number of nitrogens with zero attached hydrogens (tertiary/aromatic N) is 3. The molecule has 2 aliphatic rings. The predicted octanol–water partition coefficient (Wildman–Crippen LogP) is 1.76. The Hall–Kier alpha value is -1.50. The summed E-state index contributed by atoms with van der Waals surface area (Å²) in [4.78, 5) is 14.0. The number of hydrogen-bond donors (Lipinski definition) is 1. The third-order valence-electron chi connectivity index (χ3n) is 5.03. The monoisotopic (exact) mass is 299 g/mol. The van der Waals surface area contributed by atoms with Crippen molar-refractivity contribution in [2.75, 3.05) is 19.7 Å².